The molecule has 2 aromatic rings. The van der Waals surface area contributed by atoms with Gasteiger partial charge in [-0.1, -0.05) is 120 Å². The van der Waals surface area contributed by atoms with Crippen molar-refractivity contribution in [3.63, 3.8) is 0 Å². The van der Waals surface area contributed by atoms with Gasteiger partial charge < -0.3 is 0 Å². The molecule has 26 heavy (non-hydrogen) atoms. The van der Waals surface area contributed by atoms with Crippen molar-refractivity contribution >= 4 is 110 Å². The molecule has 0 fully saturated rings. The van der Waals surface area contributed by atoms with Crippen molar-refractivity contribution in [2.45, 2.75) is 25.7 Å². The van der Waals surface area contributed by atoms with Crippen molar-refractivity contribution in [3.05, 3.63) is 59.2 Å². The van der Waals surface area contributed by atoms with E-state index in [1.165, 1.54) is 12.1 Å². The summed E-state index contributed by atoms with van der Waals surface area (Å²) in [6.45, 7) is 1.93. The van der Waals surface area contributed by atoms with E-state index in [-0.39, 0.29) is 12.6 Å². The Bertz CT molecular complexity index is 999. The standard InChI is InChI=1S/C16H14I4O4S2/c1-10-2-7-14(13(8-10)15(17)18)25(21,22)9-11-3-5-12(6-4-11)26(23,24)16(19)20/h2-8,15-16H,9H2,1H3. The predicted octanol–water partition coefficient (Wildman–Crippen LogP) is 5.76. The number of aryl methyl sites for hydroxylation is 1. The molecule has 0 aromatic heterocycles. The molecule has 142 valence electrons. The van der Waals surface area contributed by atoms with Crippen molar-refractivity contribution in [2.75, 3.05) is 0 Å². The van der Waals surface area contributed by atoms with Gasteiger partial charge in [0.2, 0.25) is 0 Å². The van der Waals surface area contributed by atoms with Crippen LogP contribution in [0, 0.1) is 6.92 Å². The number of benzene rings is 2. The molecule has 10 heteroatoms. The van der Waals surface area contributed by atoms with Crippen LogP contribution in [0.3, 0.4) is 0 Å². The first-order valence-electron chi connectivity index (χ1n) is 7.17. The Morgan fingerprint density at radius 1 is 0.885 bits per heavy atom. The van der Waals surface area contributed by atoms with Gasteiger partial charge in [-0.3, -0.25) is 0 Å². The van der Waals surface area contributed by atoms with Crippen LogP contribution in [0.15, 0.2) is 52.3 Å². The van der Waals surface area contributed by atoms with Gasteiger partial charge in [0.05, 0.1) is 17.5 Å². The van der Waals surface area contributed by atoms with Gasteiger partial charge in [-0.15, -0.1) is 0 Å². The second kappa shape index (κ2) is 9.38. The highest BCUT2D eigenvalue weighted by molar-refractivity contribution is 14.2. The molecule has 0 bridgehead atoms. The average Bonchev–Trinajstić information content (AvgIpc) is 2.54. The largest absolute Gasteiger partial charge is 0.223 e. The molecule has 0 amide bonds. The molecule has 0 aliphatic carbocycles. The molecule has 0 unspecified atom stereocenters. The van der Waals surface area contributed by atoms with Crippen LogP contribution in [0.5, 0.6) is 0 Å². The first kappa shape index (κ1) is 23.5. The van der Waals surface area contributed by atoms with Gasteiger partial charge in [0, 0.05) is 0 Å². The second-order valence-corrected chi connectivity index (χ2v) is 21.0. The summed E-state index contributed by atoms with van der Waals surface area (Å²) in [5.41, 5.74) is 2.36. The Kier molecular flexibility index (Phi) is 8.49. The highest BCUT2D eigenvalue weighted by Gasteiger charge is 2.24. The van der Waals surface area contributed by atoms with Gasteiger partial charge in [-0.25, -0.2) is 16.8 Å². The molecule has 2 aromatic carbocycles. The van der Waals surface area contributed by atoms with E-state index in [4.69, 9.17) is 0 Å². The lowest BCUT2D eigenvalue weighted by Crippen LogP contribution is -2.10. The van der Waals surface area contributed by atoms with Gasteiger partial charge >= 0.3 is 0 Å². The van der Waals surface area contributed by atoms with Gasteiger partial charge in [0.25, 0.3) is 0 Å². The van der Waals surface area contributed by atoms with E-state index >= 15 is 0 Å². The van der Waals surface area contributed by atoms with Crippen molar-refractivity contribution < 1.29 is 16.8 Å². The fourth-order valence-corrected chi connectivity index (χ4v) is 7.83. The number of alkyl halides is 4. The first-order chi connectivity index (χ1) is 11.9. The zero-order valence-corrected chi connectivity index (χ0v) is 23.6. The topological polar surface area (TPSA) is 68.3 Å². The Balaban J connectivity index is 2.37. The van der Waals surface area contributed by atoms with Crippen LogP contribution in [0.1, 0.15) is 18.6 Å². The molecule has 0 aliphatic heterocycles. The zero-order valence-electron chi connectivity index (χ0n) is 13.4. The molecule has 0 saturated carbocycles. The third kappa shape index (κ3) is 5.66. The lowest BCUT2D eigenvalue weighted by molar-refractivity contribution is 0.594. The smallest absolute Gasteiger partial charge is 0.199 e. The lowest BCUT2D eigenvalue weighted by Gasteiger charge is -2.13. The minimum Gasteiger partial charge on any atom is -0.223 e. The summed E-state index contributed by atoms with van der Waals surface area (Å²) in [4.78, 5) is 0.524. The van der Waals surface area contributed by atoms with E-state index in [9.17, 15) is 16.8 Å². The predicted molar refractivity (Wildman–Crippen MR) is 138 cm³/mol. The lowest BCUT2D eigenvalue weighted by atomic mass is 10.2. The summed E-state index contributed by atoms with van der Waals surface area (Å²) in [6.07, 6.45) is 0. The second-order valence-electron chi connectivity index (χ2n) is 5.55. The SMILES string of the molecule is Cc1ccc(S(=O)(=O)Cc2ccc(S(=O)(=O)C(I)I)cc2)c(C(I)I)c1. The monoisotopic (exact) mass is 842 g/mol. The van der Waals surface area contributed by atoms with E-state index in [0.29, 0.717) is 10.5 Å². The normalized spacial score (nSPS) is 12.7. The quantitative estimate of drug-likeness (QED) is 0.274. The molecule has 2 rings (SSSR count). The third-order valence-electron chi connectivity index (χ3n) is 3.58. The van der Waals surface area contributed by atoms with Crippen molar-refractivity contribution in [1.29, 1.82) is 0 Å². The van der Waals surface area contributed by atoms with Crippen LogP contribution in [-0.2, 0) is 25.4 Å². The molecule has 0 N–H and O–H groups in total. The fourth-order valence-electron chi connectivity index (χ4n) is 2.30. The summed E-state index contributed by atoms with van der Waals surface area (Å²) < 4.78 is 49.6. The van der Waals surface area contributed by atoms with Crippen molar-refractivity contribution in [2.24, 2.45) is 0 Å². The molecule has 0 radical (unpaired) electrons. The molecule has 4 nitrogen and oxygen atoms in total. The molecule has 0 atom stereocenters. The molecule has 0 heterocycles. The van der Waals surface area contributed by atoms with Crippen LogP contribution < -0.4 is 0 Å². The van der Waals surface area contributed by atoms with E-state index in [1.807, 2.05) is 58.2 Å². The highest BCUT2D eigenvalue weighted by Crippen LogP contribution is 2.36. The molecular formula is C16H14I4O4S2. The van der Waals surface area contributed by atoms with Crippen LogP contribution >= 0.6 is 90.4 Å². The van der Waals surface area contributed by atoms with E-state index < -0.39 is 20.9 Å². The summed E-state index contributed by atoms with van der Waals surface area (Å²) in [5, 5.41) is 0. The van der Waals surface area contributed by atoms with E-state index in [0.717, 1.165) is 11.1 Å². The number of rotatable bonds is 6. The maximum absolute atomic E-state index is 12.9. The average molecular weight is 842 g/mol. The number of sulfone groups is 2. The van der Waals surface area contributed by atoms with Gasteiger partial charge in [0.1, 0.15) is 0 Å². The zero-order chi connectivity index (χ0) is 19.7. The van der Waals surface area contributed by atoms with Gasteiger partial charge in [0.15, 0.2) is 20.9 Å². The number of hydrogen-bond donors (Lipinski definition) is 0. The maximum atomic E-state index is 12.9. The van der Waals surface area contributed by atoms with Crippen molar-refractivity contribution in [1.82, 2.24) is 0 Å². The summed E-state index contributed by atoms with van der Waals surface area (Å²) in [5.74, 6) is -0.165. The van der Waals surface area contributed by atoms with E-state index in [2.05, 4.69) is 45.2 Å². The number of halogens is 4. The van der Waals surface area contributed by atoms with Gasteiger partial charge in [-0.05, 0) is 36.2 Å². The number of hydrogen-bond acceptors (Lipinski definition) is 4. The Labute approximate surface area is 208 Å². The van der Waals surface area contributed by atoms with Crippen LogP contribution in [0.25, 0.3) is 0 Å². The van der Waals surface area contributed by atoms with Crippen LogP contribution in [-0.4, -0.2) is 18.1 Å². The minimum atomic E-state index is -3.53. The fraction of sp³-hybridized carbons (Fsp3) is 0.250. The summed E-state index contributed by atoms with van der Waals surface area (Å²) in [7, 11) is -6.92. The summed E-state index contributed by atoms with van der Waals surface area (Å²) >= 11 is 8.07. The maximum Gasteiger partial charge on any atom is 0.199 e. The first-order valence-corrected chi connectivity index (χ1v) is 15.4. The molecule has 0 saturated heterocycles. The van der Waals surface area contributed by atoms with Crippen LogP contribution in [0.2, 0.25) is 0 Å². The Morgan fingerprint density at radius 3 is 1.96 bits per heavy atom. The minimum absolute atomic E-state index is 0.0339. The van der Waals surface area contributed by atoms with Crippen LogP contribution in [0.4, 0.5) is 0 Å². The highest BCUT2D eigenvalue weighted by atomic mass is 127. The molecule has 0 aliphatic rings. The van der Waals surface area contributed by atoms with E-state index in [1.54, 1.807) is 24.3 Å². The van der Waals surface area contributed by atoms with Crippen molar-refractivity contribution in [3.8, 4) is 0 Å². The van der Waals surface area contributed by atoms with Gasteiger partial charge in [-0.2, -0.15) is 0 Å². The Hall–Kier alpha value is 1.26. The molecular weight excluding hydrogens is 828 g/mol. The summed E-state index contributed by atoms with van der Waals surface area (Å²) in [6, 6.07) is 11.4. The third-order valence-corrected chi connectivity index (χ3v) is 12.1. The Morgan fingerprint density at radius 2 is 1.46 bits per heavy atom. The molecule has 0 spiro atoms.